The maximum Gasteiger partial charge on any atom is 0.160 e. The highest BCUT2D eigenvalue weighted by Crippen LogP contribution is 2.36. The lowest BCUT2D eigenvalue weighted by molar-refractivity contribution is 0.195. The van der Waals surface area contributed by atoms with Crippen molar-refractivity contribution in [2.45, 2.75) is 45.2 Å². The van der Waals surface area contributed by atoms with Crippen molar-refractivity contribution in [1.82, 2.24) is 4.90 Å². The van der Waals surface area contributed by atoms with Crippen LogP contribution in [-0.2, 0) is 6.54 Å². The monoisotopic (exact) mass is 331 g/mol. The Bertz CT molecular complexity index is 653. The van der Waals surface area contributed by atoms with Crippen molar-refractivity contribution in [2.75, 3.05) is 13.7 Å². The van der Waals surface area contributed by atoms with Crippen molar-refractivity contribution in [1.29, 1.82) is 0 Å². The van der Waals surface area contributed by atoms with Gasteiger partial charge in [0, 0.05) is 22.3 Å². The second-order valence-corrected chi connectivity index (χ2v) is 7.61. The third-order valence-corrected chi connectivity index (χ3v) is 5.68. The van der Waals surface area contributed by atoms with Crippen LogP contribution in [0.3, 0.4) is 0 Å². The first-order valence-corrected chi connectivity index (χ1v) is 9.15. The summed E-state index contributed by atoms with van der Waals surface area (Å²) in [5.41, 5.74) is 1.14. The highest BCUT2D eigenvalue weighted by Gasteiger charge is 2.24. The van der Waals surface area contributed by atoms with Crippen molar-refractivity contribution in [3.05, 3.63) is 45.6 Å². The minimum atomic E-state index is 0.225. The normalized spacial score (nSPS) is 19.5. The van der Waals surface area contributed by atoms with E-state index in [1.807, 2.05) is 23.5 Å². The first-order valence-electron chi connectivity index (χ1n) is 8.33. The van der Waals surface area contributed by atoms with Crippen LogP contribution in [0.15, 0.2) is 30.3 Å². The van der Waals surface area contributed by atoms with Gasteiger partial charge < -0.3 is 9.84 Å². The highest BCUT2D eigenvalue weighted by molar-refractivity contribution is 7.12. The Morgan fingerprint density at radius 3 is 2.78 bits per heavy atom. The van der Waals surface area contributed by atoms with Gasteiger partial charge in [0.15, 0.2) is 11.5 Å². The number of ether oxygens (including phenoxy) is 1. The number of hydrogen-bond acceptors (Lipinski definition) is 4. The molecule has 1 aromatic heterocycles. The van der Waals surface area contributed by atoms with Crippen LogP contribution in [0.25, 0.3) is 0 Å². The molecule has 3 nitrogen and oxygen atoms in total. The lowest BCUT2D eigenvalue weighted by atomic mass is 10.1. The van der Waals surface area contributed by atoms with E-state index < -0.39 is 0 Å². The standard InChI is InChI=1S/C19H25NO2S/c1-14-7-10-19(23-14)16-6-4-3-5-11-20(16)13-15-8-9-18(22-2)17(21)12-15/h7-10,12,16,21H,3-6,11,13H2,1-2H3. The number of phenols is 1. The number of methoxy groups -OCH3 is 1. The molecular formula is C19H25NO2S. The number of thiophene rings is 1. The minimum Gasteiger partial charge on any atom is -0.504 e. The molecule has 23 heavy (non-hydrogen) atoms. The summed E-state index contributed by atoms with van der Waals surface area (Å²) in [6.07, 6.45) is 5.09. The molecule has 1 aliphatic rings. The molecular weight excluding hydrogens is 306 g/mol. The van der Waals surface area contributed by atoms with E-state index >= 15 is 0 Å². The molecule has 1 atom stereocenters. The van der Waals surface area contributed by atoms with Gasteiger partial charge in [-0.05, 0) is 56.1 Å². The van der Waals surface area contributed by atoms with Gasteiger partial charge >= 0.3 is 0 Å². The van der Waals surface area contributed by atoms with Gasteiger partial charge in [-0.15, -0.1) is 11.3 Å². The van der Waals surface area contributed by atoms with E-state index in [-0.39, 0.29) is 5.75 Å². The van der Waals surface area contributed by atoms with E-state index in [0.29, 0.717) is 11.8 Å². The average molecular weight is 331 g/mol. The fraction of sp³-hybridized carbons (Fsp3) is 0.474. The van der Waals surface area contributed by atoms with Crippen LogP contribution in [0.4, 0.5) is 0 Å². The summed E-state index contributed by atoms with van der Waals surface area (Å²) in [5, 5.41) is 10.0. The van der Waals surface area contributed by atoms with Crippen molar-refractivity contribution < 1.29 is 9.84 Å². The van der Waals surface area contributed by atoms with E-state index in [0.717, 1.165) is 18.7 Å². The zero-order valence-electron chi connectivity index (χ0n) is 13.9. The predicted octanol–water partition coefficient (Wildman–Crippen LogP) is 4.89. The largest absolute Gasteiger partial charge is 0.504 e. The molecule has 0 saturated carbocycles. The summed E-state index contributed by atoms with van der Waals surface area (Å²) in [6.45, 7) is 4.17. The van der Waals surface area contributed by atoms with Gasteiger partial charge in [-0.25, -0.2) is 0 Å². The summed E-state index contributed by atoms with van der Waals surface area (Å²) in [5.74, 6) is 0.762. The summed E-state index contributed by atoms with van der Waals surface area (Å²) in [7, 11) is 1.58. The SMILES string of the molecule is COc1ccc(CN2CCCCCC2c2ccc(C)s2)cc1O. The van der Waals surface area contributed by atoms with Crippen LogP contribution >= 0.6 is 11.3 Å². The van der Waals surface area contributed by atoms with E-state index in [1.54, 1.807) is 7.11 Å². The van der Waals surface area contributed by atoms with Gasteiger partial charge in [0.25, 0.3) is 0 Å². The summed E-state index contributed by atoms with van der Waals surface area (Å²) in [4.78, 5) is 5.42. The molecule has 1 unspecified atom stereocenters. The molecule has 1 aromatic carbocycles. The number of phenolic OH excluding ortho intramolecular Hbond substituents is 1. The Morgan fingerprint density at radius 2 is 2.09 bits per heavy atom. The quantitative estimate of drug-likeness (QED) is 0.866. The summed E-state index contributed by atoms with van der Waals surface area (Å²) >= 11 is 1.92. The zero-order chi connectivity index (χ0) is 16.2. The van der Waals surface area contributed by atoms with Crippen LogP contribution in [-0.4, -0.2) is 23.7 Å². The Morgan fingerprint density at radius 1 is 1.22 bits per heavy atom. The van der Waals surface area contributed by atoms with Crippen LogP contribution in [0.2, 0.25) is 0 Å². The summed E-state index contributed by atoms with van der Waals surface area (Å²) in [6, 6.07) is 10.8. The first-order chi connectivity index (χ1) is 11.2. The maximum atomic E-state index is 10.0. The molecule has 2 aromatic rings. The molecule has 0 spiro atoms. The minimum absolute atomic E-state index is 0.225. The van der Waals surface area contributed by atoms with E-state index in [4.69, 9.17) is 4.74 Å². The number of aryl methyl sites for hydroxylation is 1. The second-order valence-electron chi connectivity index (χ2n) is 6.29. The van der Waals surface area contributed by atoms with Gasteiger partial charge in [0.1, 0.15) is 0 Å². The van der Waals surface area contributed by atoms with Crippen molar-refractivity contribution in [2.24, 2.45) is 0 Å². The van der Waals surface area contributed by atoms with E-state index in [9.17, 15) is 5.11 Å². The number of nitrogens with zero attached hydrogens (tertiary/aromatic N) is 1. The van der Waals surface area contributed by atoms with Gasteiger partial charge in [-0.3, -0.25) is 4.90 Å². The Balaban J connectivity index is 1.81. The smallest absolute Gasteiger partial charge is 0.160 e. The average Bonchev–Trinajstić information content (AvgIpc) is 2.83. The molecule has 1 aliphatic heterocycles. The Hall–Kier alpha value is -1.52. The second kappa shape index (κ2) is 7.37. The predicted molar refractivity (Wildman–Crippen MR) is 95.3 cm³/mol. The molecule has 2 heterocycles. The van der Waals surface area contributed by atoms with Gasteiger partial charge in [0.05, 0.1) is 7.11 Å². The number of rotatable bonds is 4. The molecule has 0 amide bonds. The molecule has 0 aliphatic carbocycles. The number of likely N-dealkylation sites (tertiary alicyclic amines) is 1. The number of benzene rings is 1. The zero-order valence-corrected chi connectivity index (χ0v) is 14.7. The van der Waals surface area contributed by atoms with Crippen LogP contribution in [0.5, 0.6) is 11.5 Å². The van der Waals surface area contributed by atoms with Crippen molar-refractivity contribution in [3.8, 4) is 11.5 Å². The van der Waals surface area contributed by atoms with Gasteiger partial charge in [0.2, 0.25) is 0 Å². The molecule has 1 N–H and O–H groups in total. The Kier molecular flexibility index (Phi) is 5.23. The first kappa shape index (κ1) is 16.3. The Labute approximate surface area is 142 Å². The van der Waals surface area contributed by atoms with Crippen LogP contribution in [0, 0.1) is 6.92 Å². The highest BCUT2D eigenvalue weighted by atomic mass is 32.1. The lowest BCUT2D eigenvalue weighted by Gasteiger charge is -2.29. The number of hydrogen-bond donors (Lipinski definition) is 1. The van der Waals surface area contributed by atoms with Crippen molar-refractivity contribution >= 4 is 11.3 Å². The molecule has 124 valence electrons. The summed E-state index contributed by atoms with van der Waals surface area (Å²) < 4.78 is 5.14. The third-order valence-electron chi connectivity index (χ3n) is 4.58. The fourth-order valence-corrected chi connectivity index (χ4v) is 4.43. The lowest BCUT2D eigenvalue weighted by Crippen LogP contribution is -2.27. The van der Waals surface area contributed by atoms with Gasteiger partial charge in [-0.1, -0.05) is 18.9 Å². The van der Waals surface area contributed by atoms with Crippen molar-refractivity contribution in [3.63, 3.8) is 0 Å². The molecule has 1 saturated heterocycles. The molecule has 3 rings (SSSR count). The van der Waals surface area contributed by atoms with E-state index in [2.05, 4.69) is 30.0 Å². The number of aromatic hydroxyl groups is 1. The third kappa shape index (κ3) is 3.88. The molecule has 0 bridgehead atoms. The molecule has 1 fully saturated rings. The van der Waals surface area contributed by atoms with Crippen LogP contribution < -0.4 is 4.74 Å². The molecule has 4 heteroatoms. The fourth-order valence-electron chi connectivity index (χ4n) is 3.38. The van der Waals surface area contributed by atoms with Gasteiger partial charge in [-0.2, -0.15) is 0 Å². The maximum absolute atomic E-state index is 10.0. The molecule has 0 radical (unpaired) electrons. The van der Waals surface area contributed by atoms with E-state index in [1.165, 1.54) is 35.4 Å². The topological polar surface area (TPSA) is 32.7 Å². The van der Waals surface area contributed by atoms with Crippen LogP contribution in [0.1, 0.15) is 47.0 Å².